The van der Waals surface area contributed by atoms with Crippen molar-refractivity contribution in [1.29, 1.82) is 0 Å². The Morgan fingerprint density at radius 1 is 0.923 bits per heavy atom. The van der Waals surface area contributed by atoms with E-state index >= 15 is 0 Å². The van der Waals surface area contributed by atoms with Crippen LogP contribution in [0.3, 0.4) is 0 Å². The van der Waals surface area contributed by atoms with E-state index in [-0.39, 0.29) is 11.5 Å². The van der Waals surface area contributed by atoms with Gasteiger partial charge in [0.05, 0.1) is 0 Å². The molecule has 1 aromatic heterocycles. The second-order valence-electron chi connectivity index (χ2n) is 8.96. The van der Waals surface area contributed by atoms with Crippen LogP contribution >= 0.6 is 0 Å². The molecule has 0 aliphatic carbocycles. The Morgan fingerprint density at radius 3 is 2.08 bits per heavy atom. The van der Waals surface area contributed by atoms with Crippen molar-refractivity contribution < 1.29 is 51.3 Å². The Labute approximate surface area is 224 Å². The molecule has 0 saturated carbocycles. The molecule has 1 saturated heterocycles. The number of hydrogen-bond acceptors (Lipinski definition) is 12. The Bertz CT molecular complexity index is 1350. The van der Waals surface area contributed by atoms with E-state index in [2.05, 4.69) is 10.3 Å². The molecule has 3 rings (SSSR count). The SMILES string of the molecule is CC(=O)OC[C@H]1O[C@H](Nc2ccc3[nH]cc(S(=O)(=O)N(C)C)c3c2)[C@H](OC(C)=O)[C@@H](OC(C)=O)[C@@H]1OC(C)=O. The van der Waals surface area contributed by atoms with E-state index in [4.69, 9.17) is 23.7 Å². The highest BCUT2D eigenvalue weighted by Gasteiger charge is 2.52. The van der Waals surface area contributed by atoms with Crippen molar-refractivity contribution in [3.63, 3.8) is 0 Å². The number of ether oxygens (including phenoxy) is 5. The van der Waals surface area contributed by atoms with Crippen LogP contribution in [0, 0.1) is 0 Å². The van der Waals surface area contributed by atoms with Gasteiger partial charge in [0, 0.05) is 64.6 Å². The normalized spacial score (nSPS) is 23.2. The average Bonchev–Trinajstić information content (AvgIpc) is 3.24. The van der Waals surface area contributed by atoms with Gasteiger partial charge in [-0.25, -0.2) is 12.7 Å². The fraction of sp³-hybridized carbons (Fsp3) is 0.500. The molecule has 214 valence electrons. The predicted octanol–water partition coefficient (Wildman–Crippen LogP) is 0.913. The highest BCUT2D eigenvalue weighted by atomic mass is 32.2. The second kappa shape index (κ2) is 12.0. The molecule has 15 heteroatoms. The first-order valence-electron chi connectivity index (χ1n) is 11.8. The monoisotopic (exact) mass is 569 g/mol. The number of carbonyl (C=O) groups is 4. The predicted molar refractivity (Wildman–Crippen MR) is 135 cm³/mol. The first-order valence-corrected chi connectivity index (χ1v) is 13.3. The van der Waals surface area contributed by atoms with Crippen LogP contribution in [0.1, 0.15) is 27.7 Å². The molecule has 14 nitrogen and oxygen atoms in total. The van der Waals surface area contributed by atoms with Gasteiger partial charge in [-0.2, -0.15) is 0 Å². The first kappa shape index (κ1) is 29.9. The number of H-pyrrole nitrogens is 1. The van der Waals surface area contributed by atoms with Crippen molar-refractivity contribution in [2.24, 2.45) is 0 Å². The van der Waals surface area contributed by atoms with Gasteiger partial charge in [0.15, 0.2) is 24.5 Å². The van der Waals surface area contributed by atoms with Gasteiger partial charge in [-0.3, -0.25) is 19.2 Å². The van der Waals surface area contributed by atoms with E-state index in [1.165, 1.54) is 27.2 Å². The van der Waals surface area contributed by atoms with Crippen LogP contribution in [-0.4, -0.2) is 92.9 Å². The van der Waals surface area contributed by atoms with Crippen LogP contribution in [-0.2, 0) is 52.9 Å². The molecule has 2 heterocycles. The fourth-order valence-electron chi connectivity index (χ4n) is 4.10. The maximum absolute atomic E-state index is 12.8. The van der Waals surface area contributed by atoms with Gasteiger partial charge in [0.2, 0.25) is 10.0 Å². The number of aromatic amines is 1. The molecule has 1 aliphatic rings. The Balaban J connectivity index is 2.06. The number of aromatic nitrogens is 1. The summed E-state index contributed by atoms with van der Waals surface area (Å²) in [6.45, 7) is 4.19. The van der Waals surface area contributed by atoms with Crippen molar-refractivity contribution >= 4 is 50.5 Å². The molecule has 39 heavy (non-hydrogen) atoms. The third-order valence-corrected chi connectivity index (χ3v) is 7.56. The summed E-state index contributed by atoms with van der Waals surface area (Å²) in [5.74, 6) is -2.88. The molecule has 0 bridgehead atoms. The van der Waals surface area contributed by atoms with Crippen molar-refractivity contribution in [2.45, 2.75) is 63.2 Å². The van der Waals surface area contributed by atoms with Crippen molar-refractivity contribution in [2.75, 3.05) is 26.0 Å². The maximum atomic E-state index is 12.8. The molecule has 2 aromatic rings. The summed E-state index contributed by atoms with van der Waals surface area (Å²) in [6, 6.07) is 4.81. The highest BCUT2D eigenvalue weighted by molar-refractivity contribution is 7.89. The Morgan fingerprint density at radius 2 is 1.51 bits per heavy atom. The number of nitrogens with one attached hydrogen (secondary N) is 2. The van der Waals surface area contributed by atoms with E-state index in [0.29, 0.717) is 16.6 Å². The summed E-state index contributed by atoms with van der Waals surface area (Å²) in [7, 11) is -0.962. The van der Waals surface area contributed by atoms with Crippen LogP contribution in [0.4, 0.5) is 5.69 Å². The zero-order valence-electron chi connectivity index (χ0n) is 22.2. The van der Waals surface area contributed by atoms with Crippen LogP contribution in [0.25, 0.3) is 10.9 Å². The summed E-state index contributed by atoms with van der Waals surface area (Å²) >= 11 is 0. The molecular weight excluding hydrogens is 538 g/mol. The van der Waals surface area contributed by atoms with E-state index < -0.39 is 64.5 Å². The van der Waals surface area contributed by atoms with Crippen molar-refractivity contribution in [3.8, 4) is 0 Å². The van der Waals surface area contributed by atoms with E-state index in [1.54, 1.807) is 18.2 Å². The minimum absolute atomic E-state index is 0.0349. The van der Waals surface area contributed by atoms with E-state index in [0.717, 1.165) is 25.1 Å². The quantitative estimate of drug-likeness (QED) is 0.322. The van der Waals surface area contributed by atoms with Crippen molar-refractivity contribution in [1.82, 2.24) is 9.29 Å². The molecule has 5 atom stereocenters. The minimum atomic E-state index is -3.78. The van der Waals surface area contributed by atoms with Crippen molar-refractivity contribution in [3.05, 3.63) is 24.4 Å². The van der Waals surface area contributed by atoms with Gasteiger partial charge in [0.1, 0.15) is 17.6 Å². The molecule has 2 N–H and O–H groups in total. The average molecular weight is 570 g/mol. The lowest BCUT2D eigenvalue weighted by atomic mass is 9.97. The molecule has 0 radical (unpaired) electrons. The smallest absolute Gasteiger partial charge is 0.303 e. The van der Waals surface area contributed by atoms with Crippen LogP contribution in [0.5, 0.6) is 0 Å². The molecule has 0 amide bonds. The van der Waals surface area contributed by atoms with Gasteiger partial charge >= 0.3 is 23.9 Å². The zero-order valence-corrected chi connectivity index (χ0v) is 23.1. The zero-order chi connectivity index (χ0) is 29.1. The number of fused-ring (bicyclic) bond motifs is 1. The maximum Gasteiger partial charge on any atom is 0.303 e. The van der Waals surface area contributed by atoms with Gasteiger partial charge in [-0.15, -0.1) is 0 Å². The largest absolute Gasteiger partial charge is 0.463 e. The molecule has 1 fully saturated rings. The fourth-order valence-corrected chi connectivity index (χ4v) is 5.15. The van der Waals surface area contributed by atoms with E-state index in [9.17, 15) is 27.6 Å². The third kappa shape index (κ3) is 7.04. The van der Waals surface area contributed by atoms with Gasteiger partial charge in [-0.05, 0) is 18.2 Å². The first-order chi connectivity index (χ1) is 18.2. The van der Waals surface area contributed by atoms with E-state index in [1.807, 2.05) is 0 Å². The summed E-state index contributed by atoms with van der Waals surface area (Å²) < 4.78 is 54.0. The minimum Gasteiger partial charge on any atom is -0.463 e. The third-order valence-electron chi connectivity index (χ3n) is 5.70. The molecule has 0 spiro atoms. The number of benzene rings is 1. The summed E-state index contributed by atoms with van der Waals surface area (Å²) in [4.78, 5) is 50.4. The number of hydrogen-bond donors (Lipinski definition) is 2. The highest BCUT2D eigenvalue weighted by Crippen LogP contribution is 2.32. The number of rotatable bonds is 9. The van der Waals surface area contributed by atoms with Crippen LogP contribution < -0.4 is 5.32 Å². The topological polar surface area (TPSA) is 180 Å². The number of carbonyl (C=O) groups excluding carboxylic acids is 4. The molecule has 0 unspecified atom stereocenters. The van der Waals surface area contributed by atoms with Crippen LogP contribution in [0.15, 0.2) is 29.3 Å². The lowest BCUT2D eigenvalue weighted by Gasteiger charge is -2.44. The second-order valence-corrected chi connectivity index (χ2v) is 11.1. The molecule has 1 aliphatic heterocycles. The molecular formula is C24H31N3O11S. The summed E-state index contributed by atoms with van der Waals surface area (Å²) in [5, 5.41) is 3.40. The summed E-state index contributed by atoms with van der Waals surface area (Å²) in [5.41, 5.74) is 0.903. The van der Waals surface area contributed by atoms with Gasteiger partial charge < -0.3 is 34.0 Å². The van der Waals surface area contributed by atoms with Crippen LogP contribution in [0.2, 0.25) is 0 Å². The Hall–Kier alpha value is -3.69. The standard InChI is InChI=1S/C24H31N3O11S/c1-12(28)34-11-19-21(35-13(2)29)22(36-14(3)30)23(37-15(4)31)24(38-19)26-16-7-8-18-17(9-16)20(10-25-18)39(32,33)27(5)6/h7-10,19,21-26H,11H2,1-6H3/t19-,21-,22+,23-,24+/m1/s1. The lowest BCUT2D eigenvalue weighted by molar-refractivity contribution is -0.247. The molecule has 1 aromatic carbocycles. The number of nitrogens with zero attached hydrogens (tertiary/aromatic N) is 1. The van der Waals surface area contributed by atoms with Gasteiger partial charge in [0.25, 0.3) is 0 Å². The Kier molecular flexibility index (Phi) is 9.19. The summed E-state index contributed by atoms with van der Waals surface area (Å²) in [6.07, 6.45) is -4.93. The number of sulfonamides is 1. The van der Waals surface area contributed by atoms with Gasteiger partial charge in [-0.1, -0.05) is 0 Å². The number of esters is 4. The number of anilines is 1. The lowest BCUT2D eigenvalue weighted by Crippen LogP contribution is -2.64.